The summed E-state index contributed by atoms with van der Waals surface area (Å²) in [6.45, 7) is 11.5. The number of carbonyl (C=O) groups excluding carboxylic acids is 1. The lowest BCUT2D eigenvalue weighted by Crippen LogP contribution is -2.51. The molecule has 0 spiro atoms. The number of anilines is 1. The van der Waals surface area contributed by atoms with E-state index in [1.54, 1.807) is 18.2 Å². The van der Waals surface area contributed by atoms with Crippen LogP contribution in [0, 0.1) is 12.8 Å². The molecule has 1 saturated heterocycles. The Labute approximate surface area is 213 Å². The van der Waals surface area contributed by atoms with Gasteiger partial charge in [0.15, 0.2) is 0 Å². The maximum absolute atomic E-state index is 12.5. The Kier molecular flexibility index (Phi) is 7.19. The molecule has 0 aromatic carbocycles. The SMILES string of the molecule is COc1ncccc1-c1nn(-c2ccc(N3CCC(N(C)C(=O)OC(C)(C)C)C(C)C3)nc2)cc1C. The molecule has 1 aliphatic heterocycles. The molecule has 36 heavy (non-hydrogen) atoms. The van der Waals surface area contributed by atoms with Crippen molar-refractivity contribution in [1.82, 2.24) is 24.6 Å². The number of rotatable bonds is 5. The first-order valence-corrected chi connectivity index (χ1v) is 12.3. The van der Waals surface area contributed by atoms with Gasteiger partial charge in [-0.15, -0.1) is 0 Å². The van der Waals surface area contributed by atoms with Gasteiger partial charge >= 0.3 is 6.09 Å². The number of piperidine rings is 1. The Bertz CT molecular complexity index is 1200. The van der Waals surface area contributed by atoms with Crippen LogP contribution in [0.1, 0.15) is 39.7 Å². The van der Waals surface area contributed by atoms with Crippen molar-refractivity contribution in [3.05, 3.63) is 48.4 Å². The van der Waals surface area contributed by atoms with Crippen molar-refractivity contribution in [2.75, 3.05) is 32.1 Å². The van der Waals surface area contributed by atoms with E-state index >= 15 is 0 Å². The largest absolute Gasteiger partial charge is 0.481 e. The fraction of sp³-hybridized carbons (Fsp3) is 0.481. The molecule has 1 aliphatic rings. The van der Waals surface area contributed by atoms with E-state index < -0.39 is 5.60 Å². The number of nitrogens with zero attached hydrogens (tertiary/aromatic N) is 6. The third-order valence-electron chi connectivity index (χ3n) is 6.48. The highest BCUT2D eigenvalue weighted by Crippen LogP contribution is 2.30. The molecule has 1 amide bonds. The average molecular weight is 493 g/mol. The van der Waals surface area contributed by atoms with E-state index in [9.17, 15) is 4.79 Å². The number of methoxy groups -OCH3 is 1. The third-order valence-corrected chi connectivity index (χ3v) is 6.48. The second-order valence-electron chi connectivity index (χ2n) is 10.4. The number of aromatic nitrogens is 4. The molecule has 0 N–H and O–H groups in total. The van der Waals surface area contributed by atoms with Gasteiger partial charge in [0.2, 0.25) is 5.88 Å². The number of ether oxygens (including phenoxy) is 2. The zero-order valence-corrected chi connectivity index (χ0v) is 22.2. The van der Waals surface area contributed by atoms with Crippen molar-refractivity contribution in [3.63, 3.8) is 0 Å². The van der Waals surface area contributed by atoms with Crippen LogP contribution in [0.25, 0.3) is 16.9 Å². The van der Waals surface area contributed by atoms with Gasteiger partial charge in [-0.2, -0.15) is 5.10 Å². The highest BCUT2D eigenvalue weighted by atomic mass is 16.6. The lowest BCUT2D eigenvalue weighted by Gasteiger charge is -2.41. The van der Waals surface area contributed by atoms with E-state index in [-0.39, 0.29) is 18.1 Å². The molecule has 2 unspecified atom stereocenters. The monoisotopic (exact) mass is 492 g/mol. The van der Waals surface area contributed by atoms with Crippen molar-refractivity contribution in [2.45, 2.75) is 52.7 Å². The lowest BCUT2D eigenvalue weighted by atomic mass is 9.93. The second kappa shape index (κ2) is 10.2. The molecule has 4 rings (SSSR count). The van der Waals surface area contributed by atoms with Gasteiger partial charge in [-0.25, -0.2) is 19.4 Å². The minimum Gasteiger partial charge on any atom is -0.481 e. The molecular formula is C27H36N6O3. The average Bonchev–Trinajstić information content (AvgIpc) is 3.24. The van der Waals surface area contributed by atoms with Gasteiger partial charge in [-0.3, -0.25) is 0 Å². The summed E-state index contributed by atoms with van der Waals surface area (Å²) in [5.74, 6) is 1.75. The molecule has 0 aliphatic carbocycles. The number of amides is 1. The van der Waals surface area contributed by atoms with Gasteiger partial charge in [0, 0.05) is 38.6 Å². The van der Waals surface area contributed by atoms with Gasteiger partial charge in [-0.1, -0.05) is 6.92 Å². The number of carbonyl (C=O) groups is 1. The van der Waals surface area contributed by atoms with Crippen molar-refractivity contribution >= 4 is 11.9 Å². The highest BCUT2D eigenvalue weighted by molar-refractivity contribution is 5.68. The van der Waals surface area contributed by atoms with Crippen LogP contribution in [0.2, 0.25) is 0 Å². The van der Waals surface area contributed by atoms with Crippen LogP contribution in [0.4, 0.5) is 10.6 Å². The summed E-state index contributed by atoms with van der Waals surface area (Å²) in [6.07, 6.45) is 6.12. The van der Waals surface area contributed by atoms with E-state index in [1.165, 1.54) is 0 Å². The molecule has 0 radical (unpaired) electrons. The van der Waals surface area contributed by atoms with Crippen LogP contribution in [0.3, 0.4) is 0 Å². The molecule has 3 aromatic heterocycles. The van der Waals surface area contributed by atoms with Crippen molar-refractivity contribution < 1.29 is 14.3 Å². The molecular weight excluding hydrogens is 456 g/mol. The van der Waals surface area contributed by atoms with Crippen LogP contribution in [0.5, 0.6) is 5.88 Å². The van der Waals surface area contributed by atoms with Crippen LogP contribution in [0.15, 0.2) is 42.9 Å². The third kappa shape index (κ3) is 5.45. The maximum atomic E-state index is 12.5. The zero-order valence-electron chi connectivity index (χ0n) is 22.2. The van der Waals surface area contributed by atoms with Gasteiger partial charge in [0.1, 0.15) is 17.1 Å². The molecule has 192 valence electrons. The quantitative estimate of drug-likeness (QED) is 0.509. The van der Waals surface area contributed by atoms with E-state index in [0.29, 0.717) is 5.88 Å². The minimum atomic E-state index is -0.501. The molecule has 9 nitrogen and oxygen atoms in total. The minimum absolute atomic E-state index is 0.130. The van der Waals surface area contributed by atoms with E-state index in [4.69, 9.17) is 19.6 Å². The predicted octanol–water partition coefficient (Wildman–Crippen LogP) is 4.73. The summed E-state index contributed by atoms with van der Waals surface area (Å²) >= 11 is 0. The van der Waals surface area contributed by atoms with Crippen LogP contribution in [-0.2, 0) is 4.74 Å². The maximum Gasteiger partial charge on any atom is 0.410 e. The molecule has 1 fully saturated rings. The highest BCUT2D eigenvalue weighted by Gasteiger charge is 2.33. The molecule has 0 saturated carbocycles. The van der Waals surface area contributed by atoms with Crippen molar-refractivity contribution in [3.8, 4) is 22.8 Å². The number of pyridine rings is 2. The van der Waals surface area contributed by atoms with Crippen LogP contribution < -0.4 is 9.64 Å². The van der Waals surface area contributed by atoms with Crippen LogP contribution >= 0.6 is 0 Å². The topological polar surface area (TPSA) is 85.6 Å². The first kappa shape index (κ1) is 25.5. The Morgan fingerprint density at radius 1 is 1.19 bits per heavy atom. The van der Waals surface area contributed by atoms with E-state index in [0.717, 1.165) is 47.8 Å². The van der Waals surface area contributed by atoms with Gasteiger partial charge < -0.3 is 19.3 Å². The number of hydrogen-bond acceptors (Lipinski definition) is 7. The normalized spacial score (nSPS) is 18.1. The first-order valence-electron chi connectivity index (χ1n) is 12.3. The number of aryl methyl sites for hydroxylation is 1. The Balaban J connectivity index is 1.44. The molecule has 0 bridgehead atoms. The van der Waals surface area contributed by atoms with Gasteiger partial charge in [-0.05, 0) is 69.9 Å². The predicted molar refractivity (Wildman–Crippen MR) is 140 cm³/mol. The standard InChI is InChI=1S/C27H36N6O3/c1-18-16-32(14-12-22(18)31(6)26(34)36-27(3,4)5)23-11-10-20(15-29-23)33-17-19(2)24(30-33)21-9-8-13-28-25(21)35-7/h8-11,13,15,17-18,22H,12,14,16H2,1-7H3. The molecule has 2 atom stereocenters. The lowest BCUT2D eigenvalue weighted by molar-refractivity contribution is 0.0150. The first-order chi connectivity index (χ1) is 17.1. The molecule has 3 aromatic rings. The summed E-state index contributed by atoms with van der Waals surface area (Å²) in [7, 11) is 3.44. The Hall–Kier alpha value is -3.62. The zero-order chi connectivity index (χ0) is 26.0. The summed E-state index contributed by atoms with van der Waals surface area (Å²) in [5.41, 5.74) is 3.08. The van der Waals surface area contributed by atoms with Crippen LogP contribution in [-0.4, -0.2) is 69.6 Å². The second-order valence-corrected chi connectivity index (χ2v) is 10.4. The number of hydrogen-bond donors (Lipinski definition) is 0. The van der Waals surface area contributed by atoms with Crippen molar-refractivity contribution in [1.29, 1.82) is 0 Å². The summed E-state index contributed by atoms with van der Waals surface area (Å²) in [4.78, 5) is 25.6. The fourth-order valence-electron chi connectivity index (χ4n) is 4.68. The Morgan fingerprint density at radius 2 is 1.97 bits per heavy atom. The summed E-state index contributed by atoms with van der Waals surface area (Å²) < 4.78 is 12.8. The van der Waals surface area contributed by atoms with Gasteiger partial charge in [0.05, 0.1) is 24.6 Å². The molecule has 4 heterocycles. The molecule has 9 heteroatoms. The van der Waals surface area contributed by atoms with Gasteiger partial charge in [0.25, 0.3) is 0 Å². The summed E-state index contributed by atoms with van der Waals surface area (Å²) in [5, 5.41) is 4.78. The Morgan fingerprint density at radius 3 is 2.61 bits per heavy atom. The summed E-state index contributed by atoms with van der Waals surface area (Å²) in [6, 6.07) is 8.02. The fourth-order valence-corrected chi connectivity index (χ4v) is 4.68. The van der Waals surface area contributed by atoms with Crippen molar-refractivity contribution in [2.24, 2.45) is 5.92 Å². The smallest absolute Gasteiger partial charge is 0.410 e. The van der Waals surface area contributed by atoms with E-state index in [1.807, 2.05) is 76.1 Å². The van der Waals surface area contributed by atoms with E-state index in [2.05, 4.69) is 16.8 Å².